The number of rotatable bonds is 9. The summed E-state index contributed by atoms with van der Waals surface area (Å²) in [6.07, 6.45) is 8.91. The second-order valence-electron chi connectivity index (χ2n) is 6.65. The summed E-state index contributed by atoms with van der Waals surface area (Å²) in [7, 11) is -3.55. The van der Waals surface area contributed by atoms with Crippen LogP contribution in [-0.2, 0) is 21.2 Å². The molecule has 0 saturated heterocycles. The lowest BCUT2D eigenvalue weighted by molar-refractivity contribution is -0.121. The van der Waals surface area contributed by atoms with Gasteiger partial charge >= 0.3 is 0 Å². The van der Waals surface area contributed by atoms with E-state index >= 15 is 0 Å². The predicted octanol–water partition coefficient (Wildman–Crippen LogP) is 2.64. The molecule has 0 radical (unpaired) electrons. The van der Waals surface area contributed by atoms with E-state index in [2.05, 4.69) is 11.4 Å². The summed E-state index contributed by atoms with van der Waals surface area (Å²) < 4.78 is 38.7. The number of amides is 1. The quantitative estimate of drug-likeness (QED) is 0.668. The number of benzene rings is 1. The molecule has 5 nitrogen and oxygen atoms in total. The first-order valence-corrected chi connectivity index (χ1v) is 10.8. The lowest BCUT2D eigenvalue weighted by Gasteiger charge is -2.20. The van der Waals surface area contributed by atoms with E-state index in [4.69, 9.17) is 0 Å². The zero-order valence-electron chi connectivity index (χ0n) is 15.2. The maximum atomic E-state index is 13.7. The monoisotopic (exact) mass is 382 g/mol. The van der Waals surface area contributed by atoms with Gasteiger partial charge < -0.3 is 5.32 Å². The fourth-order valence-corrected chi connectivity index (χ4v) is 3.79. The van der Waals surface area contributed by atoms with Crippen LogP contribution < -0.4 is 5.32 Å². The Balaban J connectivity index is 1.83. The maximum Gasteiger partial charge on any atom is 0.235 e. The van der Waals surface area contributed by atoms with Gasteiger partial charge in [-0.2, -0.15) is 4.31 Å². The molecule has 0 heterocycles. The Labute approximate surface area is 155 Å². The Kier molecular flexibility index (Phi) is 7.78. The minimum absolute atomic E-state index is 0.0678. The summed E-state index contributed by atoms with van der Waals surface area (Å²) in [5.41, 5.74) is 1.79. The van der Waals surface area contributed by atoms with Crippen molar-refractivity contribution in [2.75, 3.05) is 25.9 Å². The highest BCUT2D eigenvalue weighted by Gasteiger charge is 2.20. The number of nitrogens with zero attached hydrogens (tertiary/aromatic N) is 1. The van der Waals surface area contributed by atoms with E-state index in [1.54, 1.807) is 18.2 Å². The molecule has 0 bridgehead atoms. The summed E-state index contributed by atoms with van der Waals surface area (Å²) in [5.74, 6) is -0.702. The van der Waals surface area contributed by atoms with Crippen LogP contribution in [0.5, 0.6) is 0 Å². The Morgan fingerprint density at radius 2 is 2.00 bits per heavy atom. The summed E-state index contributed by atoms with van der Waals surface area (Å²) in [6.45, 7) is 0.334. The molecule has 26 heavy (non-hydrogen) atoms. The second kappa shape index (κ2) is 9.83. The molecular weight excluding hydrogens is 355 g/mol. The standard InChI is InChI=1S/C19H27FN2O3S/c1-26(24,25)22(14-12-17-9-5-6-10-18(17)20)15-19(23)21-13-11-16-7-3-2-4-8-16/h5-7,9-10H,2-4,8,11-15H2,1H3,(H,21,23). The topological polar surface area (TPSA) is 66.5 Å². The van der Waals surface area contributed by atoms with Gasteiger partial charge in [-0.05, 0) is 50.2 Å². The molecule has 0 atom stereocenters. The van der Waals surface area contributed by atoms with Gasteiger partial charge in [0.2, 0.25) is 15.9 Å². The van der Waals surface area contributed by atoms with Gasteiger partial charge in [0.15, 0.2) is 0 Å². The SMILES string of the molecule is CS(=O)(=O)N(CCc1ccccc1F)CC(=O)NCCC1=CCCCC1. The molecule has 0 aromatic heterocycles. The molecule has 0 spiro atoms. The third-order valence-electron chi connectivity index (χ3n) is 4.53. The van der Waals surface area contributed by atoms with Crippen molar-refractivity contribution in [3.63, 3.8) is 0 Å². The van der Waals surface area contributed by atoms with Gasteiger partial charge in [-0.1, -0.05) is 29.8 Å². The zero-order valence-corrected chi connectivity index (χ0v) is 16.0. The number of hydrogen-bond acceptors (Lipinski definition) is 3. The average Bonchev–Trinajstić information content (AvgIpc) is 2.60. The molecule has 1 aromatic rings. The van der Waals surface area contributed by atoms with Crippen LogP contribution in [0.2, 0.25) is 0 Å². The summed E-state index contributed by atoms with van der Waals surface area (Å²) in [5, 5.41) is 2.78. The van der Waals surface area contributed by atoms with Crippen LogP contribution in [0, 0.1) is 5.82 Å². The zero-order chi connectivity index (χ0) is 19.0. The van der Waals surface area contributed by atoms with E-state index in [1.165, 1.54) is 24.5 Å². The molecule has 7 heteroatoms. The molecule has 0 unspecified atom stereocenters. The minimum Gasteiger partial charge on any atom is -0.355 e. The highest BCUT2D eigenvalue weighted by molar-refractivity contribution is 7.88. The van der Waals surface area contributed by atoms with Gasteiger partial charge in [0.1, 0.15) is 5.82 Å². The van der Waals surface area contributed by atoms with Crippen molar-refractivity contribution in [2.24, 2.45) is 0 Å². The van der Waals surface area contributed by atoms with Gasteiger partial charge in [0.25, 0.3) is 0 Å². The number of sulfonamides is 1. The number of carbonyl (C=O) groups excluding carboxylic acids is 1. The fraction of sp³-hybridized carbons (Fsp3) is 0.526. The third kappa shape index (κ3) is 6.88. The molecule has 0 fully saturated rings. The molecule has 1 amide bonds. The minimum atomic E-state index is -3.55. The van der Waals surface area contributed by atoms with Crippen molar-refractivity contribution in [1.29, 1.82) is 0 Å². The normalized spacial score (nSPS) is 15.0. The Morgan fingerprint density at radius 3 is 2.65 bits per heavy atom. The second-order valence-corrected chi connectivity index (χ2v) is 8.63. The highest BCUT2D eigenvalue weighted by Crippen LogP contribution is 2.19. The lowest BCUT2D eigenvalue weighted by Crippen LogP contribution is -2.41. The molecule has 144 valence electrons. The predicted molar refractivity (Wildman–Crippen MR) is 101 cm³/mol. The number of hydrogen-bond donors (Lipinski definition) is 1. The molecule has 1 aliphatic rings. The van der Waals surface area contributed by atoms with Crippen molar-refractivity contribution in [1.82, 2.24) is 9.62 Å². The van der Waals surface area contributed by atoms with Crippen molar-refractivity contribution in [3.8, 4) is 0 Å². The molecule has 1 aliphatic carbocycles. The Morgan fingerprint density at radius 1 is 1.23 bits per heavy atom. The van der Waals surface area contributed by atoms with Crippen molar-refractivity contribution in [3.05, 3.63) is 47.3 Å². The summed E-state index contributed by atoms with van der Waals surface area (Å²) in [6, 6.07) is 6.25. The average molecular weight is 383 g/mol. The van der Waals surface area contributed by atoms with Gasteiger partial charge in [0, 0.05) is 13.1 Å². The molecule has 1 N–H and O–H groups in total. The van der Waals surface area contributed by atoms with Gasteiger partial charge in [-0.15, -0.1) is 0 Å². The van der Waals surface area contributed by atoms with Crippen LogP contribution in [0.15, 0.2) is 35.9 Å². The van der Waals surface area contributed by atoms with E-state index in [0.717, 1.165) is 29.8 Å². The van der Waals surface area contributed by atoms with E-state index in [0.29, 0.717) is 12.1 Å². The van der Waals surface area contributed by atoms with Crippen LogP contribution in [0.4, 0.5) is 4.39 Å². The van der Waals surface area contributed by atoms with Gasteiger partial charge in [-0.25, -0.2) is 12.8 Å². The fourth-order valence-electron chi connectivity index (χ4n) is 3.02. The van der Waals surface area contributed by atoms with Crippen LogP contribution >= 0.6 is 0 Å². The molecular formula is C19H27FN2O3S. The molecule has 0 aliphatic heterocycles. The first-order valence-electron chi connectivity index (χ1n) is 8.99. The summed E-state index contributed by atoms with van der Waals surface area (Å²) >= 11 is 0. The number of nitrogens with one attached hydrogen (secondary N) is 1. The molecule has 0 saturated carbocycles. The first-order chi connectivity index (χ1) is 12.4. The van der Waals surface area contributed by atoms with Crippen molar-refractivity contribution >= 4 is 15.9 Å². The van der Waals surface area contributed by atoms with Crippen molar-refractivity contribution < 1.29 is 17.6 Å². The van der Waals surface area contributed by atoms with Gasteiger partial charge in [0.05, 0.1) is 12.8 Å². The maximum absolute atomic E-state index is 13.7. The number of halogens is 1. The number of allylic oxidation sites excluding steroid dienone is 1. The van der Waals surface area contributed by atoms with Crippen LogP contribution in [0.3, 0.4) is 0 Å². The van der Waals surface area contributed by atoms with Crippen molar-refractivity contribution in [2.45, 2.75) is 38.5 Å². The van der Waals surface area contributed by atoms with E-state index in [9.17, 15) is 17.6 Å². The lowest BCUT2D eigenvalue weighted by atomic mass is 9.97. The third-order valence-corrected chi connectivity index (χ3v) is 5.78. The summed E-state index contributed by atoms with van der Waals surface area (Å²) in [4.78, 5) is 12.1. The van der Waals surface area contributed by atoms with E-state index in [-0.39, 0.29) is 31.2 Å². The Hall–Kier alpha value is -1.73. The highest BCUT2D eigenvalue weighted by atomic mass is 32.2. The Bertz CT molecular complexity index is 747. The van der Waals surface area contributed by atoms with E-state index in [1.807, 2.05) is 0 Å². The molecule has 1 aromatic carbocycles. The largest absolute Gasteiger partial charge is 0.355 e. The molecule has 2 rings (SSSR count). The smallest absolute Gasteiger partial charge is 0.235 e. The van der Waals surface area contributed by atoms with Gasteiger partial charge in [-0.3, -0.25) is 4.79 Å². The van der Waals surface area contributed by atoms with E-state index < -0.39 is 10.0 Å². The van der Waals surface area contributed by atoms with Crippen LogP contribution in [0.25, 0.3) is 0 Å². The first kappa shape index (κ1) is 20.6. The number of carbonyl (C=O) groups is 1. The van der Waals surface area contributed by atoms with Crippen LogP contribution in [0.1, 0.15) is 37.7 Å². The van der Waals surface area contributed by atoms with Crippen LogP contribution in [-0.4, -0.2) is 44.5 Å².